The Morgan fingerprint density at radius 1 is 0.971 bits per heavy atom. The third-order valence-electron chi connectivity index (χ3n) is 6.18. The summed E-state index contributed by atoms with van der Waals surface area (Å²) in [6, 6.07) is 22.9. The maximum absolute atomic E-state index is 5.73. The van der Waals surface area contributed by atoms with Gasteiger partial charge in [-0.2, -0.15) is 0 Å². The zero-order valence-electron chi connectivity index (χ0n) is 20.3. The van der Waals surface area contributed by atoms with Crippen LogP contribution in [0, 0.1) is 0 Å². The van der Waals surface area contributed by atoms with Gasteiger partial charge in [-0.15, -0.1) is 0 Å². The number of nitrogens with zero attached hydrogens (tertiary/aromatic N) is 3. The molecule has 178 valence electrons. The molecule has 0 radical (unpaired) electrons. The Bertz CT molecular complexity index is 1060. The third-order valence-corrected chi connectivity index (χ3v) is 6.18. The van der Waals surface area contributed by atoms with Crippen LogP contribution < -0.4 is 10.6 Å². The van der Waals surface area contributed by atoms with Crippen molar-refractivity contribution in [2.45, 2.75) is 33.3 Å². The number of hydrogen-bond acceptors (Lipinski definition) is 6. The van der Waals surface area contributed by atoms with E-state index >= 15 is 0 Å². The second-order valence-electron chi connectivity index (χ2n) is 8.45. The third kappa shape index (κ3) is 6.35. The molecule has 1 aromatic heterocycles. The normalized spacial score (nSPS) is 14.0. The van der Waals surface area contributed by atoms with E-state index in [0.29, 0.717) is 6.61 Å². The Morgan fingerprint density at radius 3 is 2.50 bits per heavy atom. The first kappa shape index (κ1) is 23.8. The molecule has 0 spiro atoms. The van der Waals surface area contributed by atoms with Crippen LogP contribution in [-0.2, 0) is 11.4 Å². The van der Waals surface area contributed by atoms with Crippen molar-refractivity contribution in [2.75, 3.05) is 43.4 Å². The standard InChI is InChI=1S/C28H35N5O/c1-3-33(4-2)20-8-18-29-27-16-15-25-26(17-19-30-28(25)31-27)32-34-21-22-11-13-24(14-12-22)23-9-6-5-7-10-23/h5-7,9-16H,3-4,8,17-21H2,1-2H3,(H2,29,30,31)/b32-26+. The number of nitrogens with one attached hydrogen (secondary N) is 2. The van der Waals surface area contributed by atoms with Gasteiger partial charge in [-0.1, -0.05) is 73.6 Å². The molecule has 1 aliphatic rings. The molecule has 0 atom stereocenters. The molecular formula is C28H35N5O. The van der Waals surface area contributed by atoms with E-state index in [1.165, 1.54) is 11.1 Å². The molecule has 3 aromatic rings. The summed E-state index contributed by atoms with van der Waals surface area (Å²) in [5.41, 5.74) is 5.47. The van der Waals surface area contributed by atoms with Crippen molar-refractivity contribution >= 4 is 17.3 Å². The highest BCUT2D eigenvalue weighted by atomic mass is 16.6. The van der Waals surface area contributed by atoms with E-state index in [2.05, 4.69) is 89.1 Å². The fourth-order valence-electron chi connectivity index (χ4n) is 4.12. The summed E-state index contributed by atoms with van der Waals surface area (Å²) in [5.74, 6) is 1.76. The van der Waals surface area contributed by atoms with Gasteiger partial charge in [0.15, 0.2) is 0 Å². The Morgan fingerprint density at radius 2 is 1.74 bits per heavy atom. The second kappa shape index (κ2) is 12.2. The van der Waals surface area contributed by atoms with Crippen LogP contribution in [0.1, 0.15) is 37.8 Å². The van der Waals surface area contributed by atoms with Gasteiger partial charge in [0, 0.05) is 25.1 Å². The summed E-state index contributed by atoms with van der Waals surface area (Å²) < 4.78 is 0. The maximum Gasteiger partial charge on any atom is 0.142 e. The summed E-state index contributed by atoms with van der Waals surface area (Å²) >= 11 is 0. The first-order valence-electron chi connectivity index (χ1n) is 12.3. The number of oxime groups is 1. The molecule has 2 aromatic carbocycles. The Kier molecular flexibility index (Phi) is 8.52. The lowest BCUT2D eigenvalue weighted by atomic mass is 10.0. The van der Waals surface area contributed by atoms with Crippen molar-refractivity contribution in [3.8, 4) is 11.1 Å². The summed E-state index contributed by atoms with van der Waals surface area (Å²) in [6.07, 6.45) is 1.92. The first-order valence-corrected chi connectivity index (χ1v) is 12.3. The molecule has 6 nitrogen and oxygen atoms in total. The van der Waals surface area contributed by atoms with E-state index < -0.39 is 0 Å². The summed E-state index contributed by atoms with van der Waals surface area (Å²) in [6.45, 7) is 9.87. The molecule has 2 N–H and O–H groups in total. The topological polar surface area (TPSA) is 61.8 Å². The van der Waals surface area contributed by atoms with Crippen LogP contribution in [0.25, 0.3) is 11.1 Å². The average Bonchev–Trinajstić information content (AvgIpc) is 2.90. The predicted octanol–water partition coefficient (Wildman–Crippen LogP) is 5.63. The lowest BCUT2D eigenvalue weighted by Gasteiger charge is -2.20. The predicted molar refractivity (Wildman–Crippen MR) is 141 cm³/mol. The Balaban J connectivity index is 1.31. The fourth-order valence-corrected chi connectivity index (χ4v) is 4.12. The monoisotopic (exact) mass is 457 g/mol. The van der Waals surface area contributed by atoms with Gasteiger partial charge in [0.05, 0.1) is 5.71 Å². The van der Waals surface area contributed by atoms with Crippen LogP contribution in [-0.4, -0.2) is 48.3 Å². The fraction of sp³-hybridized carbons (Fsp3) is 0.357. The van der Waals surface area contributed by atoms with Gasteiger partial charge in [-0.25, -0.2) is 4.98 Å². The van der Waals surface area contributed by atoms with Crippen LogP contribution in [0.15, 0.2) is 71.9 Å². The highest BCUT2D eigenvalue weighted by Gasteiger charge is 2.17. The highest BCUT2D eigenvalue weighted by Crippen LogP contribution is 2.23. The van der Waals surface area contributed by atoms with Crippen LogP contribution in [0.2, 0.25) is 0 Å². The molecule has 0 aliphatic carbocycles. The van der Waals surface area contributed by atoms with Crippen molar-refractivity contribution in [2.24, 2.45) is 5.16 Å². The number of rotatable bonds is 11. The van der Waals surface area contributed by atoms with Crippen LogP contribution >= 0.6 is 0 Å². The number of benzene rings is 2. The number of aromatic nitrogens is 1. The van der Waals surface area contributed by atoms with Crippen LogP contribution in [0.4, 0.5) is 11.6 Å². The van der Waals surface area contributed by atoms with Crippen LogP contribution in [0.3, 0.4) is 0 Å². The highest BCUT2D eigenvalue weighted by molar-refractivity contribution is 6.05. The molecule has 0 bridgehead atoms. The lowest BCUT2D eigenvalue weighted by Crippen LogP contribution is -2.25. The van der Waals surface area contributed by atoms with Gasteiger partial charge in [0.25, 0.3) is 0 Å². The summed E-state index contributed by atoms with van der Waals surface area (Å²) in [7, 11) is 0. The van der Waals surface area contributed by atoms with Crippen molar-refractivity contribution in [1.82, 2.24) is 9.88 Å². The first-order chi connectivity index (χ1) is 16.8. The molecule has 0 saturated carbocycles. The van der Waals surface area contributed by atoms with E-state index in [4.69, 9.17) is 9.82 Å². The zero-order valence-corrected chi connectivity index (χ0v) is 20.3. The van der Waals surface area contributed by atoms with Gasteiger partial charge in [0.1, 0.15) is 18.2 Å². The van der Waals surface area contributed by atoms with Crippen LogP contribution in [0.5, 0.6) is 0 Å². The summed E-state index contributed by atoms with van der Waals surface area (Å²) in [5, 5.41) is 11.3. The number of anilines is 2. The molecule has 34 heavy (non-hydrogen) atoms. The molecule has 0 saturated heterocycles. The van der Waals surface area contributed by atoms with Gasteiger partial charge < -0.3 is 20.4 Å². The average molecular weight is 458 g/mol. The SMILES string of the molecule is CCN(CC)CCCNc1ccc2c(n1)NCC/C2=N\OCc1ccc(-c2ccccc2)cc1. The van der Waals surface area contributed by atoms with E-state index in [9.17, 15) is 0 Å². The van der Waals surface area contributed by atoms with Crippen molar-refractivity contribution in [1.29, 1.82) is 0 Å². The molecule has 4 rings (SSSR count). The zero-order chi connectivity index (χ0) is 23.6. The van der Waals surface area contributed by atoms with E-state index in [1.54, 1.807) is 0 Å². The van der Waals surface area contributed by atoms with Gasteiger partial charge >= 0.3 is 0 Å². The summed E-state index contributed by atoms with van der Waals surface area (Å²) in [4.78, 5) is 12.9. The molecule has 1 aliphatic heterocycles. The largest absolute Gasteiger partial charge is 0.391 e. The molecule has 0 unspecified atom stereocenters. The van der Waals surface area contributed by atoms with Gasteiger partial charge in [-0.3, -0.25) is 0 Å². The smallest absolute Gasteiger partial charge is 0.142 e. The second-order valence-corrected chi connectivity index (χ2v) is 8.45. The van der Waals surface area contributed by atoms with Gasteiger partial charge in [0.2, 0.25) is 0 Å². The molecule has 2 heterocycles. The van der Waals surface area contributed by atoms with E-state index in [-0.39, 0.29) is 0 Å². The molecule has 0 fully saturated rings. The quantitative estimate of drug-likeness (QED) is 0.289. The minimum Gasteiger partial charge on any atom is -0.391 e. The minimum absolute atomic E-state index is 0.445. The minimum atomic E-state index is 0.445. The van der Waals surface area contributed by atoms with E-state index in [0.717, 1.165) is 74.0 Å². The number of pyridine rings is 1. The van der Waals surface area contributed by atoms with Gasteiger partial charge in [-0.05, 0) is 54.9 Å². The van der Waals surface area contributed by atoms with Crippen molar-refractivity contribution in [3.05, 3.63) is 77.9 Å². The lowest BCUT2D eigenvalue weighted by molar-refractivity contribution is 0.130. The molecule has 6 heteroatoms. The van der Waals surface area contributed by atoms with Crippen molar-refractivity contribution in [3.63, 3.8) is 0 Å². The van der Waals surface area contributed by atoms with E-state index in [1.807, 2.05) is 12.1 Å². The van der Waals surface area contributed by atoms with Crippen molar-refractivity contribution < 1.29 is 4.84 Å². The Hall–Kier alpha value is -3.38. The number of hydrogen-bond donors (Lipinski definition) is 2. The molecular weight excluding hydrogens is 422 g/mol. The number of fused-ring (bicyclic) bond motifs is 1. The maximum atomic E-state index is 5.73. The molecule has 0 amide bonds. The Labute approximate surface area is 203 Å².